The molecular weight excluding hydrogens is 178 g/mol. The molecule has 0 radical (unpaired) electrons. The first-order valence-electron chi connectivity index (χ1n) is 4.38. The molecule has 0 saturated heterocycles. The van der Waals surface area contributed by atoms with Crippen molar-refractivity contribution in [2.45, 2.75) is 26.1 Å². The Labute approximate surface area is 86.8 Å². The van der Waals surface area contributed by atoms with E-state index in [0.717, 1.165) is 0 Å². The molecule has 0 fully saturated rings. The van der Waals surface area contributed by atoms with Gasteiger partial charge in [0.2, 0.25) is 0 Å². The molecule has 1 atom stereocenters. The van der Waals surface area contributed by atoms with Gasteiger partial charge < -0.3 is 5.73 Å². The third kappa shape index (κ3) is 7.88. The van der Waals surface area contributed by atoms with E-state index in [9.17, 15) is 0 Å². The van der Waals surface area contributed by atoms with Crippen molar-refractivity contribution >= 4 is 12.6 Å². The highest BCUT2D eigenvalue weighted by molar-refractivity contribution is 7.80. The van der Waals surface area contributed by atoms with Gasteiger partial charge in [0.15, 0.2) is 0 Å². The molecule has 2 heteroatoms. The largest absolute Gasteiger partial charge is 0.319 e. The zero-order chi connectivity index (χ0) is 10.3. The van der Waals surface area contributed by atoms with Crippen molar-refractivity contribution in [1.29, 1.82) is 0 Å². The summed E-state index contributed by atoms with van der Waals surface area (Å²) in [4.78, 5) is 0. The molecular formula is C11H19NS. The fourth-order valence-corrected chi connectivity index (χ4v) is 0.385. The minimum Gasteiger partial charge on any atom is -0.319 e. The third-order valence-corrected chi connectivity index (χ3v) is 2.33. The summed E-state index contributed by atoms with van der Waals surface area (Å²) in [6, 6.07) is 12.0. The van der Waals surface area contributed by atoms with Gasteiger partial charge in [-0.15, -0.1) is 0 Å². The molecule has 13 heavy (non-hydrogen) atoms. The molecule has 1 unspecified atom stereocenters. The normalized spacial score (nSPS) is 12.7. The van der Waals surface area contributed by atoms with E-state index >= 15 is 0 Å². The van der Waals surface area contributed by atoms with Crippen LogP contribution >= 0.6 is 12.6 Å². The fourth-order valence-electron chi connectivity index (χ4n) is 0.385. The molecule has 0 amide bonds. The summed E-state index contributed by atoms with van der Waals surface area (Å²) in [6.07, 6.45) is 0. The zero-order valence-electron chi connectivity index (χ0n) is 8.57. The molecule has 1 nitrogen and oxygen atoms in total. The van der Waals surface area contributed by atoms with E-state index in [4.69, 9.17) is 5.73 Å². The Morgan fingerprint density at radius 2 is 1.08 bits per heavy atom. The molecule has 2 N–H and O–H groups in total. The van der Waals surface area contributed by atoms with Crippen LogP contribution in [0.2, 0.25) is 0 Å². The molecule has 0 aliphatic heterocycles. The standard InChI is InChI=1S/C6H6.C5H13NS/c1-2-4-6-5-3-1;1-5(2,3)4(6)7/h1-6H;4,7H,6H2,1-3H3. The average Bonchev–Trinajstić information content (AvgIpc) is 2.07. The van der Waals surface area contributed by atoms with Crippen LogP contribution in [-0.2, 0) is 0 Å². The Morgan fingerprint density at radius 1 is 0.923 bits per heavy atom. The number of rotatable bonds is 0. The number of hydrogen-bond acceptors (Lipinski definition) is 2. The molecule has 1 aromatic carbocycles. The Kier molecular flexibility index (Phi) is 5.84. The van der Waals surface area contributed by atoms with Crippen molar-refractivity contribution < 1.29 is 0 Å². The van der Waals surface area contributed by atoms with Crippen molar-refractivity contribution in [3.05, 3.63) is 36.4 Å². The molecule has 74 valence electrons. The van der Waals surface area contributed by atoms with Gasteiger partial charge in [-0.1, -0.05) is 57.2 Å². The van der Waals surface area contributed by atoms with Gasteiger partial charge in [0, 0.05) is 0 Å². The minimum atomic E-state index is -0.00694. The van der Waals surface area contributed by atoms with Crippen LogP contribution in [0.1, 0.15) is 20.8 Å². The number of thiol groups is 1. The van der Waals surface area contributed by atoms with Crippen LogP contribution in [0.4, 0.5) is 0 Å². The molecule has 0 aliphatic rings. The summed E-state index contributed by atoms with van der Waals surface area (Å²) in [6.45, 7) is 6.18. The van der Waals surface area contributed by atoms with Gasteiger partial charge in [-0.2, -0.15) is 12.6 Å². The van der Waals surface area contributed by atoms with Crippen molar-refractivity contribution in [3.63, 3.8) is 0 Å². The monoisotopic (exact) mass is 197 g/mol. The molecule has 0 saturated carbocycles. The Hall–Kier alpha value is -0.470. The van der Waals surface area contributed by atoms with E-state index in [1.54, 1.807) is 0 Å². The Balaban J connectivity index is 0.000000223. The lowest BCUT2D eigenvalue weighted by Gasteiger charge is -2.21. The van der Waals surface area contributed by atoms with Gasteiger partial charge in [0.05, 0.1) is 5.37 Å². The summed E-state index contributed by atoms with van der Waals surface area (Å²) >= 11 is 4.06. The molecule has 0 aromatic heterocycles. The van der Waals surface area contributed by atoms with E-state index in [-0.39, 0.29) is 10.8 Å². The summed E-state index contributed by atoms with van der Waals surface area (Å²) in [5.41, 5.74) is 5.58. The fraction of sp³-hybridized carbons (Fsp3) is 0.455. The molecule has 0 heterocycles. The number of nitrogens with two attached hydrogens (primary N) is 1. The van der Waals surface area contributed by atoms with Crippen molar-refractivity contribution in [1.82, 2.24) is 0 Å². The van der Waals surface area contributed by atoms with Gasteiger partial charge in [0.1, 0.15) is 0 Å². The van der Waals surface area contributed by atoms with Gasteiger partial charge in [-0.25, -0.2) is 0 Å². The number of benzene rings is 1. The first kappa shape index (κ1) is 12.5. The second-order valence-electron chi connectivity index (χ2n) is 3.97. The summed E-state index contributed by atoms with van der Waals surface area (Å²) < 4.78 is 0. The highest BCUT2D eigenvalue weighted by Crippen LogP contribution is 2.18. The lowest BCUT2D eigenvalue weighted by Crippen LogP contribution is -2.29. The van der Waals surface area contributed by atoms with Crippen LogP contribution in [0.25, 0.3) is 0 Å². The van der Waals surface area contributed by atoms with Gasteiger partial charge in [-0.3, -0.25) is 0 Å². The summed E-state index contributed by atoms with van der Waals surface area (Å²) in [5, 5.41) is -0.00694. The highest BCUT2D eigenvalue weighted by Gasteiger charge is 2.15. The van der Waals surface area contributed by atoms with Crippen molar-refractivity contribution in [2.24, 2.45) is 11.1 Å². The van der Waals surface area contributed by atoms with Crippen LogP contribution in [0.5, 0.6) is 0 Å². The van der Waals surface area contributed by atoms with Crippen LogP contribution in [-0.4, -0.2) is 5.37 Å². The van der Waals surface area contributed by atoms with E-state index in [1.807, 2.05) is 36.4 Å². The van der Waals surface area contributed by atoms with Crippen LogP contribution in [0.15, 0.2) is 36.4 Å². The molecule has 0 spiro atoms. The smallest absolute Gasteiger partial charge is 0.0526 e. The lowest BCUT2D eigenvalue weighted by atomic mass is 9.97. The Morgan fingerprint density at radius 3 is 1.15 bits per heavy atom. The first-order chi connectivity index (χ1) is 5.94. The van der Waals surface area contributed by atoms with Gasteiger partial charge in [0.25, 0.3) is 0 Å². The van der Waals surface area contributed by atoms with Crippen molar-refractivity contribution in [3.8, 4) is 0 Å². The van der Waals surface area contributed by atoms with Gasteiger partial charge >= 0.3 is 0 Å². The number of hydrogen-bond donors (Lipinski definition) is 2. The third-order valence-electron chi connectivity index (χ3n) is 1.55. The van der Waals surface area contributed by atoms with Crippen molar-refractivity contribution in [2.75, 3.05) is 0 Å². The molecule has 1 aromatic rings. The Bertz CT molecular complexity index is 174. The molecule has 0 bridgehead atoms. The maximum absolute atomic E-state index is 5.43. The zero-order valence-corrected chi connectivity index (χ0v) is 9.46. The maximum Gasteiger partial charge on any atom is 0.0526 e. The summed E-state index contributed by atoms with van der Waals surface area (Å²) in [5.74, 6) is 0. The predicted molar refractivity (Wildman–Crippen MR) is 62.9 cm³/mol. The maximum atomic E-state index is 5.43. The predicted octanol–water partition coefficient (Wildman–Crippen LogP) is 2.93. The average molecular weight is 197 g/mol. The molecule has 0 aliphatic carbocycles. The van der Waals surface area contributed by atoms with Crippen LogP contribution in [0, 0.1) is 5.41 Å². The quantitative estimate of drug-likeness (QED) is 0.485. The first-order valence-corrected chi connectivity index (χ1v) is 4.90. The second kappa shape index (κ2) is 6.06. The van der Waals surface area contributed by atoms with Crippen LogP contribution < -0.4 is 5.73 Å². The van der Waals surface area contributed by atoms with E-state index in [1.165, 1.54) is 0 Å². The summed E-state index contributed by atoms with van der Waals surface area (Å²) in [7, 11) is 0. The SMILES string of the molecule is CC(C)(C)C(N)S.c1ccccc1. The van der Waals surface area contributed by atoms with E-state index < -0.39 is 0 Å². The van der Waals surface area contributed by atoms with E-state index in [2.05, 4.69) is 33.4 Å². The van der Waals surface area contributed by atoms with E-state index in [0.29, 0.717) is 0 Å². The molecule has 1 rings (SSSR count). The lowest BCUT2D eigenvalue weighted by molar-refractivity contribution is 0.402. The minimum absolute atomic E-state index is 0.00694. The highest BCUT2D eigenvalue weighted by atomic mass is 32.1. The second-order valence-corrected chi connectivity index (χ2v) is 4.52. The van der Waals surface area contributed by atoms with Gasteiger partial charge in [-0.05, 0) is 5.41 Å². The van der Waals surface area contributed by atoms with Crippen LogP contribution in [0.3, 0.4) is 0 Å². The topological polar surface area (TPSA) is 26.0 Å².